The van der Waals surface area contributed by atoms with E-state index in [1.807, 2.05) is 6.92 Å². The highest BCUT2D eigenvalue weighted by Crippen LogP contribution is 2.18. The normalized spacial score (nSPS) is 31.4. The number of carbonyl (C=O) groups is 1. The molecule has 0 radical (unpaired) electrons. The summed E-state index contributed by atoms with van der Waals surface area (Å²) in [6.07, 6.45) is 2.57. The van der Waals surface area contributed by atoms with Crippen molar-refractivity contribution < 1.29 is 4.79 Å². The van der Waals surface area contributed by atoms with Gasteiger partial charge in [0.25, 0.3) is 0 Å². The van der Waals surface area contributed by atoms with Crippen molar-refractivity contribution in [2.24, 2.45) is 11.8 Å². The van der Waals surface area contributed by atoms with E-state index in [4.69, 9.17) is 0 Å². The SMILES string of the molecule is CCN1CCCC(CN2CCNCC(C)C2=O)C1. The lowest BCUT2D eigenvalue weighted by Crippen LogP contribution is -2.44. The third-order valence-corrected chi connectivity index (χ3v) is 4.27. The average molecular weight is 253 g/mol. The van der Waals surface area contributed by atoms with Crippen LogP contribution in [0.25, 0.3) is 0 Å². The summed E-state index contributed by atoms with van der Waals surface area (Å²) in [7, 11) is 0. The number of rotatable bonds is 3. The summed E-state index contributed by atoms with van der Waals surface area (Å²) >= 11 is 0. The molecule has 0 aromatic carbocycles. The zero-order chi connectivity index (χ0) is 13.0. The molecule has 2 atom stereocenters. The van der Waals surface area contributed by atoms with Crippen LogP contribution in [0.15, 0.2) is 0 Å². The van der Waals surface area contributed by atoms with E-state index in [9.17, 15) is 4.79 Å². The van der Waals surface area contributed by atoms with E-state index in [1.165, 1.54) is 25.9 Å². The van der Waals surface area contributed by atoms with Crippen molar-refractivity contribution in [1.29, 1.82) is 0 Å². The van der Waals surface area contributed by atoms with Gasteiger partial charge in [-0.05, 0) is 31.8 Å². The Hall–Kier alpha value is -0.610. The Labute approximate surface area is 111 Å². The first kappa shape index (κ1) is 13.8. The fraction of sp³-hybridized carbons (Fsp3) is 0.929. The van der Waals surface area contributed by atoms with Crippen LogP contribution in [0.2, 0.25) is 0 Å². The molecule has 2 aliphatic rings. The van der Waals surface area contributed by atoms with Crippen LogP contribution in [0.3, 0.4) is 0 Å². The smallest absolute Gasteiger partial charge is 0.226 e. The van der Waals surface area contributed by atoms with Crippen LogP contribution < -0.4 is 5.32 Å². The summed E-state index contributed by atoms with van der Waals surface area (Å²) in [4.78, 5) is 16.8. The maximum atomic E-state index is 12.2. The molecule has 0 aliphatic carbocycles. The minimum absolute atomic E-state index is 0.137. The molecule has 2 saturated heterocycles. The Kier molecular flexibility index (Phi) is 5.01. The number of amides is 1. The molecule has 2 fully saturated rings. The van der Waals surface area contributed by atoms with Crippen LogP contribution >= 0.6 is 0 Å². The van der Waals surface area contributed by atoms with Crippen molar-refractivity contribution in [3.05, 3.63) is 0 Å². The van der Waals surface area contributed by atoms with Gasteiger partial charge >= 0.3 is 0 Å². The van der Waals surface area contributed by atoms with Crippen LogP contribution in [0, 0.1) is 11.8 Å². The highest BCUT2D eigenvalue weighted by atomic mass is 16.2. The minimum atomic E-state index is 0.137. The molecule has 2 heterocycles. The van der Waals surface area contributed by atoms with Gasteiger partial charge < -0.3 is 15.1 Å². The van der Waals surface area contributed by atoms with Crippen molar-refractivity contribution in [1.82, 2.24) is 15.1 Å². The van der Waals surface area contributed by atoms with Gasteiger partial charge in [-0.15, -0.1) is 0 Å². The van der Waals surface area contributed by atoms with E-state index >= 15 is 0 Å². The molecule has 4 nitrogen and oxygen atoms in total. The molecule has 0 spiro atoms. The van der Waals surface area contributed by atoms with Gasteiger partial charge in [0, 0.05) is 38.6 Å². The van der Waals surface area contributed by atoms with Crippen LogP contribution in [0.5, 0.6) is 0 Å². The Morgan fingerprint density at radius 1 is 1.39 bits per heavy atom. The molecule has 2 rings (SSSR count). The zero-order valence-electron chi connectivity index (χ0n) is 11.8. The van der Waals surface area contributed by atoms with Crippen molar-refractivity contribution in [2.45, 2.75) is 26.7 Å². The Morgan fingerprint density at radius 3 is 3.00 bits per heavy atom. The molecular weight excluding hydrogens is 226 g/mol. The molecule has 0 bridgehead atoms. The second kappa shape index (κ2) is 6.53. The molecule has 4 heteroatoms. The third kappa shape index (κ3) is 3.45. The van der Waals surface area contributed by atoms with Gasteiger partial charge in [0.15, 0.2) is 0 Å². The Balaban J connectivity index is 1.88. The number of hydrogen-bond acceptors (Lipinski definition) is 3. The second-order valence-electron chi connectivity index (χ2n) is 5.79. The molecule has 2 unspecified atom stereocenters. The number of likely N-dealkylation sites (tertiary alicyclic amines) is 1. The number of hydrogen-bond donors (Lipinski definition) is 1. The summed E-state index contributed by atoms with van der Waals surface area (Å²) in [5, 5.41) is 3.34. The molecule has 0 aromatic heterocycles. The number of nitrogens with one attached hydrogen (secondary N) is 1. The molecule has 2 aliphatic heterocycles. The van der Waals surface area contributed by atoms with Crippen LogP contribution in [0.1, 0.15) is 26.7 Å². The van der Waals surface area contributed by atoms with E-state index in [0.29, 0.717) is 11.8 Å². The van der Waals surface area contributed by atoms with Gasteiger partial charge in [0.2, 0.25) is 5.91 Å². The Bertz CT molecular complexity index is 282. The van der Waals surface area contributed by atoms with Crippen LogP contribution in [0.4, 0.5) is 0 Å². The van der Waals surface area contributed by atoms with Crippen molar-refractivity contribution >= 4 is 5.91 Å². The highest BCUT2D eigenvalue weighted by molar-refractivity contribution is 5.79. The predicted molar refractivity (Wildman–Crippen MR) is 73.5 cm³/mol. The molecular formula is C14H27N3O. The zero-order valence-corrected chi connectivity index (χ0v) is 11.8. The molecule has 104 valence electrons. The molecule has 1 amide bonds. The van der Waals surface area contributed by atoms with Gasteiger partial charge in [-0.3, -0.25) is 4.79 Å². The molecule has 1 N–H and O–H groups in total. The van der Waals surface area contributed by atoms with E-state index in [1.54, 1.807) is 0 Å². The predicted octanol–water partition coefficient (Wildman–Crippen LogP) is 0.786. The van der Waals surface area contributed by atoms with Gasteiger partial charge in [-0.1, -0.05) is 13.8 Å². The molecule has 0 saturated carbocycles. The largest absolute Gasteiger partial charge is 0.341 e. The third-order valence-electron chi connectivity index (χ3n) is 4.27. The van der Waals surface area contributed by atoms with Gasteiger partial charge in [-0.25, -0.2) is 0 Å². The summed E-state index contributed by atoms with van der Waals surface area (Å²) in [6.45, 7) is 11.4. The van der Waals surface area contributed by atoms with Gasteiger partial charge in [0.05, 0.1) is 0 Å². The summed E-state index contributed by atoms with van der Waals surface area (Å²) in [5.41, 5.74) is 0. The topological polar surface area (TPSA) is 35.6 Å². The van der Waals surface area contributed by atoms with Gasteiger partial charge in [0.1, 0.15) is 0 Å². The number of carbonyl (C=O) groups excluding carboxylic acids is 1. The molecule has 18 heavy (non-hydrogen) atoms. The van der Waals surface area contributed by atoms with Gasteiger partial charge in [-0.2, -0.15) is 0 Å². The summed E-state index contributed by atoms with van der Waals surface area (Å²) < 4.78 is 0. The first-order valence-corrected chi connectivity index (χ1v) is 7.42. The quantitative estimate of drug-likeness (QED) is 0.807. The Morgan fingerprint density at radius 2 is 2.22 bits per heavy atom. The maximum absolute atomic E-state index is 12.2. The van der Waals surface area contributed by atoms with Crippen molar-refractivity contribution in [3.63, 3.8) is 0 Å². The second-order valence-corrected chi connectivity index (χ2v) is 5.79. The number of nitrogens with zero attached hydrogens (tertiary/aromatic N) is 2. The monoisotopic (exact) mass is 253 g/mol. The lowest BCUT2D eigenvalue weighted by atomic mass is 9.97. The highest BCUT2D eigenvalue weighted by Gasteiger charge is 2.27. The minimum Gasteiger partial charge on any atom is -0.341 e. The maximum Gasteiger partial charge on any atom is 0.226 e. The van der Waals surface area contributed by atoms with E-state index in [0.717, 1.165) is 32.7 Å². The summed E-state index contributed by atoms with van der Waals surface area (Å²) in [6, 6.07) is 0. The fourth-order valence-electron chi connectivity index (χ4n) is 3.12. The molecule has 0 aromatic rings. The number of piperidine rings is 1. The van der Waals surface area contributed by atoms with E-state index in [-0.39, 0.29) is 5.92 Å². The lowest BCUT2D eigenvalue weighted by molar-refractivity contribution is -0.134. The fourth-order valence-corrected chi connectivity index (χ4v) is 3.12. The lowest BCUT2D eigenvalue weighted by Gasteiger charge is -2.35. The average Bonchev–Trinajstić information content (AvgIpc) is 2.55. The van der Waals surface area contributed by atoms with Crippen molar-refractivity contribution in [3.8, 4) is 0 Å². The van der Waals surface area contributed by atoms with E-state index in [2.05, 4.69) is 22.0 Å². The first-order valence-electron chi connectivity index (χ1n) is 7.42. The van der Waals surface area contributed by atoms with Crippen LogP contribution in [-0.4, -0.2) is 61.5 Å². The summed E-state index contributed by atoms with van der Waals surface area (Å²) in [5.74, 6) is 1.15. The van der Waals surface area contributed by atoms with Crippen molar-refractivity contribution in [2.75, 3.05) is 45.8 Å². The van der Waals surface area contributed by atoms with Crippen LogP contribution in [-0.2, 0) is 4.79 Å². The standard InChI is InChI=1S/C14H27N3O/c1-3-16-7-4-5-13(10-16)11-17-8-6-15-9-12(2)14(17)18/h12-13,15H,3-11H2,1-2H3. The van der Waals surface area contributed by atoms with E-state index < -0.39 is 0 Å². The first-order chi connectivity index (χ1) is 8.70.